The third kappa shape index (κ3) is 6.41. The quantitative estimate of drug-likeness (QED) is 0.690. The SMILES string of the molecule is CCCNCCCCS(=O)(=O)N1CCCSCC1. The molecule has 0 aliphatic carbocycles. The number of hydrogen-bond acceptors (Lipinski definition) is 4. The van der Waals surface area contributed by atoms with E-state index >= 15 is 0 Å². The average Bonchev–Trinajstić information content (AvgIpc) is 2.63. The Balaban J connectivity index is 2.21. The van der Waals surface area contributed by atoms with Crippen LogP contribution in [-0.4, -0.2) is 56.2 Å². The summed E-state index contributed by atoms with van der Waals surface area (Å²) >= 11 is 1.86. The molecular formula is C12H26N2O2S2. The van der Waals surface area contributed by atoms with E-state index in [0.717, 1.165) is 50.3 Å². The van der Waals surface area contributed by atoms with Gasteiger partial charge in [0, 0.05) is 18.8 Å². The van der Waals surface area contributed by atoms with Crippen LogP contribution in [0.3, 0.4) is 0 Å². The molecule has 0 radical (unpaired) electrons. The van der Waals surface area contributed by atoms with Crippen molar-refractivity contribution in [2.24, 2.45) is 0 Å². The molecule has 0 unspecified atom stereocenters. The van der Waals surface area contributed by atoms with Crippen LogP contribution in [0.15, 0.2) is 0 Å². The lowest BCUT2D eigenvalue weighted by Gasteiger charge is -2.19. The van der Waals surface area contributed by atoms with Gasteiger partial charge in [-0.3, -0.25) is 0 Å². The first-order valence-electron chi connectivity index (χ1n) is 6.93. The predicted molar refractivity (Wildman–Crippen MR) is 79.7 cm³/mol. The molecule has 18 heavy (non-hydrogen) atoms. The summed E-state index contributed by atoms with van der Waals surface area (Å²) in [6.45, 7) is 5.49. The first-order chi connectivity index (χ1) is 8.67. The zero-order chi connectivity index (χ0) is 13.3. The molecule has 0 aromatic rings. The lowest BCUT2D eigenvalue weighted by molar-refractivity contribution is 0.433. The van der Waals surface area contributed by atoms with Crippen molar-refractivity contribution in [2.75, 3.05) is 43.4 Å². The zero-order valence-corrected chi connectivity index (χ0v) is 13.0. The lowest BCUT2D eigenvalue weighted by atomic mass is 10.3. The third-order valence-corrected chi connectivity index (χ3v) is 6.01. The van der Waals surface area contributed by atoms with Gasteiger partial charge in [0.05, 0.1) is 5.75 Å². The van der Waals surface area contributed by atoms with Gasteiger partial charge in [-0.25, -0.2) is 12.7 Å². The van der Waals surface area contributed by atoms with Crippen molar-refractivity contribution in [3.8, 4) is 0 Å². The summed E-state index contributed by atoms with van der Waals surface area (Å²) in [6.07, 6.45) is 3.83. The largest absolute Gasteiger partial charge is 0.317 e. The van der Waals surface area contributed by atoms with Crippen molar-refractivity contribution in [3.05, 3.63) is 0 Å². The monoisotopic (exact) mass is 294 g/mol. The molecule has 0 saturated carbocycles. The Labute approximate surface area is 116 Å². The minimum Gasteiger partial charge on any atom is -0.317 e. The van der Waals surface area contributed by atoms with Gasteiger partial charge in [0.1, 0.15) is 0 Å². The van der Waals surface area contributed by atoms with Crippen LogP contribution in [0.25, 0.3) is 0 Å². The Morgan fingerprint density at radius 3 is 2.78 bits per heavy atom. The minimum atomic E-state index is -3.01. The van der Waals surface area contributed by atoms with E-state index in [-0.39, 0.29) is 0 Å². The number of unbranched alkanes of at least 4 members (excludes halogenated alkanes) is 1. The fourth-order valence-corrected chi connectivity index (χ4v) is 4.57. The van der Waals surface area contributed by atoms with E-state index in [9.17, 15) is 8.42 Å². The maximum absolute atomic E-state index is 12.1. The maximum atomic E-state index is 12.1. The van der Waals surface area contributed by atoms with Gasteiger partial charge in [0.2, 0.25) is 10.0 Å². The third-order valence-electron chi connectivity index (χ3n) is 3.01. The molecule has 0 aromatic heterocycles. The fourth-order valence-electron chi connectivity index (χ4n) is 1.97. The van der Waals surface area contributed by atoms with Crippen molar-refractivity contribution in [2.45, 2.75) is 32.6 Å². The van der Waals surface area contributed by atoms with Gasteiger partial charge in [0.15, 0.2) is 0 Å². The van der Waals surface area contributed by atoms with E-state index in [0.29, 0.717) is 18.8 Å². The number of thioether (sulfide) groups is 1. The highest BCUT2D eigenvalue weighted by Gasteiger charge is 2.22. The van der Waals surface area contributed by atoms with Crippen LogP contribution in [0.1, 0.15) is 32.6 Å². The Kier molecular flexibility index (Phi) is 8.30. The molecule has 1 fully saturated rings. The lowest BCUT2D eigenvalue weighted by Crippen LogP contribution is -2.35. The van der Waals surface area contributed by atoms with Crippen LogP contribution in [0.5, 0.6) is 0 Å². The molecule has 0 spiro atoms. The first-order valence-corrected chi connectivity index (χ1v) is 9.69. The summed E-state index contributed by atoms with van der Waals surface area (Å²) < 4.78 is 25.9. The van der Waals surface area contributed by atoms with E-state index in [1.54, 1.807) is 4.31 Å². The molecule has 0 amide bonds. The number of nitrogens with one attached hydrogen (secondary N) is 1. The molecule has 1 aliphatic rings. The van der Waals surface area contributed by atoms with Gasteiger partial charge in [-0.05, 0) is 44.5 Å². The first kappa shape index (κ1) is 16.3. The zero-order valence-electron chi connectivity index (χ0n) is 11.4. The van der Waals surface area contributed by atoms with Crippen molar-refractivity contribution in [1.82, 2.24) is 9.62 Å². The molecule has 1 heterocycles. The molecule has 0 aromatic carbocycles. The van der Waals surface area contributed by atoms with Crippen LogP contribution in [0, 0.1) is 0 Å². The number of hydrogen-bond donors (Lipinski definition) is 1. The van der Waals surface area contributed by atoms with Gasteiger partial charge in [-0.15, -0.1) is 0 Å². The molecule has 0 atom stereocenters. The summed E-state index contributed by atoms with van der Waals surface area (Å²) in [5.41, 5.74) is 0. The van der Waals surface area contributed by atoms with Crippen molar-refractivity contribution >= 4 is 21.8 Å². The van der Waals surface area contributed by atoms with Crippen LogP contribution in [-0.2, 0) is 10.0 Å². The average molecular weight is 294 g/mol. The van der Waals surface area contributed by atoms with Crippen LogP contribution >= 0.6 is 11.8 Å². The van der Waals surface area contributed by atoms with Crippen molar-refractivity contribution in [3.63, 3.8) is 0 Å². The van der Waals surface area contributed by atoms with Crippen LogP contribution < -0.4 is 5.32 Å². The Morgan fingerprint density at radius 1 is 1.17 bits per heavy atom. The highest BCUT2D eigenvalue weighted by molar-refractivity contribution is 7.99. The normalized spacial score (nSPS) is 18.7. The second-order valence-corrected chi connectivity index (χ2v) is 7.95. The Morgan fingerprint density at radius 2 is 2.00 bits per heavy atom. The summed E-state index contributed by atoms with van der Waals surface area (Å²) in [7, 11) is -3.01. The summed E-state index contributed by atoms with van der Waals surface area (Å²) in [5.74, 6) is 2.34. The van der Waals surface area contributed by atoms with Crippen LogP contribution in [0.2, 0.25) is 0 Å². The standard InChI is InChI=1S/C12H26N2O2S2/c1-2-6-13-7-3-4-12-18(15,16)14-8-5-10-17-11-9-14/h13H,2-12H2,1H3. The summed E-state index contributed by atoms with van der Waals surface area (Å²) in [6, 6.07) is 0. The molecule has 108 valence electrons. The predicted octanol–water partition coefficient (Wildman–Crippen LogP) is 1.53. The molecule has 1 aliphatic heterocycles. The molecule has 6 heteroatoms. The Bertz CT molecular complexity index is 299. The van der Waals surface area contributed by atoms with E-state index in [1.807, 2.05) is 11.8 Å². The van der Waals surface area contributed by atoms with E-state index < -0.39 is 10.0 Å². The number of sulfonamides is 1. The van der Waals surface area contributed by atoms with Gasteiger partial charge < -0.3 is 5.32 Å². The molecule has 1 rings (SSSR count). The molecular weight excluding hydrogens is 268 g/mol. The Hall–Kier alpha value is 0.220. The molecule has 1 N–H and O–H groups in total. The highest BCUT2D eigenvalue weighted by atomic mass is 32.2. The molecule has 1 saturated heterocycles. The van der Waals surface area contributed by atoms with Crippen molar-refractivity contribution < 1.29 is 8.42 Å². The molecule has 0 bridgehead atoms. The number of nitrogens with zero attached hydrogens (tertiary/aromatic N) is 1. The van der Waals surface area contributed by atoms with Gasteiger partial charge in [0.25, 0.3) is 0 Å². The van der Waals surface area contributed by atoms with Gasteiger partial charge in [-0.2, -0.15) is 11.8 Å². The highest BCUT2D eigenvalue weighted by Crippen LogP contribution is 2.14. The van der Waals surface area contributed by atoms with Gasteiger partial charge in [-0.1, -0.05) is 6.92 Å². The minimum absolute atomic E-state index is 0.311. The van der Waals surface area contributed by atoms with E-state index in [2.05, 4.69) is 12.2 Å². The number of rotatable bonds is 8. The van der Waals surface area contributed by atoms with Crippen molar-refractivity contribution in [1.29, 1.82) is 0 Å². The maximum Gasteiger partial charge on any atom is 0.214 e. The summed E-state index contributed by atoms with van der Waals surface area (Å²) in [5, 5.41) is 3.30. The van der Waals surface area contributed by atoms with Crippen LogP contribution in [0.4, 0.5) is 0 Å². The topological polar surface area (TPSA) is 49.4 Å². The smallest absolute Gasteiger partial charge is 0.214 e. The second kappa shape index (κ2) is 9.18. The van der Waals surface area contributed by atoms with E-state index in [4.69, 9.17) is 0 Å². The van der Waals surface area contributed by atoms with Gasteiger partial charge >= 0.3 is 0 Å². The fraction of sp³-hybridized carbons (Fsp3) is 1.00. The van der Waals surface area contributed by atoms with E-state index in [1.165, 1.54) is 0 Å². The summed E-state index contributed by atoms with van der Waals surface area (Å²) in [4.78, 5) is 0. The second-order valence-electron chi connectivity index (χ2n) is 4.64. The molecule has 4 nitrogen and oxygen atoms in total.